The van der Waals surface area contributed by atoms with Gasteiger partial charge >= 0.3 is 0 Å². The Kier molecular flexibility index (Phi) is 3.66. The highest BCUT2D eigenvalue weighted by Crippen LogP contribution is 1.98. The van der Waals surface area contributed by atoms with E-state index in [2.05, 4.69) is 28.8 Å². The molecule has 1 aromatic rings. The van der Waals surface area contributed by atoms with Crippen LogP contribution in [0.15, 0.2) is 0 Å². The predicted molar refractivity (Wildman–Crippen MR) is 42.3 cm³/mol. The predicted octanol–water partition coefficient (Wildman–Crippen LogP) is 0.146. The molecule has 1 unspecified atom stereocenters. The number of hydrogen-bond donors (Lipinski definition) is 0. The first-order valence-electron chi connectivity index (χ1n) is 4.04. The molecule has 1 radical (unpaired) electrons. The van der Waals surface area contributed by atoms with Gasteiger partial charge in [0.1, 0.15) is 0 Å². The minimum Gasteiger partial charge on any atom is -0.381 e. The molecule has 0 aliphatic heterocycles. The summed E-state index contributed by atoms with van der Waals surface area (Å²) in [6, 6.07) is 0. The van der Waals surface area contributed by atoms with Gasteiger partial charge < -0.3 is 4.74 Å². The summed E-state index contributed by atoms with van der Waals surface area (Å²) < 4.78 is 6.84. The van der Waals surface area contributed by atoms with E-state index in [1.807, 2.05) is 6.92 Å². The standard InChI is InChI=1S/C7H13N4O/c1-3-12-5-7(2)4-11-6-8-9-10-11/h7H,3-5H2,1-2H3. The Hall–Kier alpha value is -0.970. The molecule has 0 spiro atoms. The van der Waals surface area contributed by atoms with E-state index in [0.717, 1.165) is 19.8 Å². The van der Waals surface area contributed by atoms with Crippen LogP contribution in [0.3, 0.4) is 0 Å². The molecule has 0 N–H and O–H groups in total. The van der Waals surface area contributed by atoms with Gasteiger partial charge in [0, 0.05) is 13.2 Å². The van der Waals surface area contributed by atoms with Crippen molar-refractivity contribution in [1.29, 1.82) is 0 Å². The average molecular weight is 169 g/mol. The van der Waals surface area contributed by atoms with Crippen LogP contribution in [0.25, 0.3) is 0 Å². The van der Waals surface area contributed by atoms with Crippen LogP contribution < -0.4 is 0 Å². The summed E-state index contributed by atoms with van der Waals surface area (Å²) in [6.07, 6.45) is 2.63. The molecule has 1 atom stereocenters. The maximum atomic E-state index is 5.25. The normalized spacial score (nSPS) is 13.2. The minimum absolute atomic E-state index is 0.421. The second-order valence-electron chi connectivity index (χ2n) is 2.73. The lowest BCUT2D eigenvalue weighted by molar-refractivity contribution is 0.108. The van der Waals surface area contributed by atoms with E-state index in [1.165, 1.54) is 0 Å². The molecular weight excluding hydrogens is 156 g/mol. The number of aromatic nitrogens is 4. The lowest BCUT2D eigenvalue weighted by Gasteiger charge is -2.09. The van der Waals surface area contributed by atoms with Gasteiger partial charge in [0.15, 0.2) is 0 Å². The molecule has 0 saturated carbocycles. The van der Waals surface area contributed by atoms with Crippen molar-refractivity contribution in [1.82, 2.24) is 20.2 Å². The van der Waals surface area contributed by atoms with Crippen LogP contribution in [0.5, 0.6) is 0 Å². The molecule has 12 heavy (non-hydrogen) atoms. The number of hydrogen-bond acceptors (Lipinski definition) is 4. The van der Waals surface area contributed by atoms with Gasteiger partial charge in [0.2, 0.25) is 6.33 Å². The number of ether oxygens (including phenoxy) is 1. The second kappa shape index (κ2) is 4.82. The highest BCUT2D eigenvalue weighted by Gasteiger charge is 2.03. The Morgan fingerprint density at radius 2 is 2.42 bits per heavy atom. The van der Waals surface area contributed by atoms with Crippen molar-refractivity contribution in [2.75, 3.05) is 13.2 Å². The molecule has 1 rings (SSSR count). The van der Waals surface area contributed by atoms with Gasteiger partial charge in [-0.1, -0.05) is 6.92 Å². The van der Waals surface area contributed by atoms with Gasteiger partial charge in [-0.25, -0.2) is 4.68 Å². The van der Waals surface area contributed by atoms with Crippen LogP contribution in [0.2, 0.25) is 0 Å². The highest BCUT2D eigenvalue weighted by atomic mass is 16.5. The van der Waals surface area contributed by atoms with E-state index in [-0.39, 0.29) is 0 Å². The number of tetrazole rings is 1. The Morgan fingerprint density at radius 1 is 1.58 bits per heavy atom. The SMILES string of the molecule is CCOCC(C)Cn1[c]nnn1. The zero-order valence-corrected chi connectivity index (χ0v) is 7.40. The second-order valence-corrected chi connectivity index (χ2v) is 2.73. The van der Waals surface area contributed by atoms with Gasteiger partial charge in [-0.05, 0) is 23.3 Å². The van der Waals surface area contributed by atoms with Crippen molar-refractivity contribution in [3.05, 3.63) is 6.33 Å². The first-order chi connectivity index (χ1) is 5.83. The van der Waals surface area contributed by atoms with Gasteiger partial charge in [-0.2, -0.15) is 0 Å². The topological polar surface area (TPSA) is 52.8 Å². The van der Waals surface area contributed by atoms with Gasteiger partial charge in [-0.3, -0.25) is 0 Å². The van der Waals surface area contributed by atoms with E-state index < -0.39 is 0 Å². The largest absolute Gasteiger partial charge is 0.381 e. The minimum atomic E-state index is 0.421. The molecule has 0 amide bonds. The molecule has 0 aliphatic carbocycles. The summed E-state index contributed by atoms with van der Waals surface area (Å²) in [7, 11) is 0. The van der Waals surface area contributed by atoms with Crippen molar-refractivity contribution in [3.63, 3.8) is 0 Å². The maximum Gasteiger partial charge on any atom is 0.221 e. The molecule has 0 bridgehead atoms. The highest BCUT2D eigenvalue weighted by molar-refractivity contribution is 4.52. The molecule has 5 nitrogen and oxygen atoms in total. The fourth-order valence-corrected chi connectivity index (χ4v) is 0.904. The third-order valence-electron chi connectivity index (χ3n) is 1.44. The van der Waals surface area contributed by atoms with E-state index in [9.17, 15) is 0 Å². The zero-order chi connectivity index (χ0) is 8.81. The van der Waals surface area contributed by atoms with Gasteiger partial charge in [-0.15, -0.1) is 5.10 Å². The zero-order valence-electron chi connectivity index (χ0n) is 7.40. The van der Waals surface area contributed by atoms with Crippen LogP contribution in [0, 0.1) is 12.2 Å². The van der Waals surface area contributed by atoms with E-state index in [4.69, 9.17) is 4.74 Å². The average Bonchev–Trinajstić information content (AvgIpc) is 2.53. The van der Waals surface area contributed by atoms with E-state index in [1.54, 1.807) is 4.68 Å². The monoisotopic (exact) mass is 169 g/mol. The van der Waals surface area contributed by atoms with Crippen LogP contribution in [-0.2, 0) is 11.3 Å². The molecule has 67 valence electrons. The summed E-state index contributed by atoms with van der Waals surface area (Å²) in [4.78, 5) is 0. The van der Waals surface area contributed by atoms with Crippen LogP contribution in [-0.4, -0.2) is 33.4 Å². The first kappa shape index (κ1) is 9.12. The summed E-state index contributed by atoms with van der Waals surface area (Å²) in [5, 5.41) is 10.6. The smallest absolute Gasteiger partial charge is 0.221 e. The molecule has 0 aliphatic rings. The summed E-state index contributed by atoms with van der Waals surface area (Å²) in [5.74, 6) is 0.421. The van der Waals surface area contributed by atoms with Crippen LogP contribution in [0.1, 0.15) is 13.8 Å². The molecule has 0 fully saturated rings. The Morgan fingerprint density at radius 3 is 3.00 bits per heavy atom. The Bertz CT molecular complexity index is 199. The van der Waals surface area contributed by atoms with Crippen molar-refractivity contribution in [2.24, 2.45) is 5.92 Å². The summed E-state index contributed by atoms with van der Waals surface area (Å²) in [6.45, 7) is 6.32. The van der Waals surface area contributed by atoms with Crippen molar-refractivity contribution in [3.8, 4) is 0 Å². The molecular formula is C7H13N4O. The van der Waals surface area contributed by atoms with Crippen molar-refractivity contribution >= 4 is 0 Å². The third-order valence-corrected chi connectivity index (χ3v) is 1.44. The van der Waals surface area contributed by atoms with Crippen LogP contribution in [0.4, 0.5) is 0 Å². The molecule has 1 aromatic heterocycles. The van der Waals surface area contributed by atoms with Gasteiger partial charge in [0.05, 0.1) is 6.61 Å². The fraction of sp³-hybridized carbons (Fsp3) is 0.857. The lowest BCUT2D eigenvalue weighted by atomic mass is 10.2. The summed E-state index contributed by atoms with van der Waals surface area (Å²) >= 11 is 0. The molecule has 0 saturated heterocycles. The quantitative estimate of drug-likeness (QED) is 0.629. The van der Waals surface area contributed by atoms with E-state index in [0.29, 0.717) is 5.92 Å². The molecule has 1 heterocycles. The molecule has 0 aromatic carbocycles. The Labute approximate surface area is 71.7 Å². The van der Waals surface area contributed by atoms with Crippen molar-refractivity contribution in [2.45, 2.75) is 20.4 Å². The number of nitrogens with zero attached hydrogens (tertiary/aromatic N) is 4. The Balaban J connectivity index is 2.22. The fourth-order valence-electron chi connectivity index (χ4n) is 0.904. The molecule has 5 heteroatoms. The van der Waals surface area contributed by atoms with Gasteiger partial charge in [0.25, 0.3) is 0 Å². The van der Waals surface area contributed by atoms with Crippen molar-refractivity contribution < 1.29 is 4.74 Å². The lowest BCUT2D eigenvalue weighted by Crippen LogP contribution is -2.14. The summed E-state index contributed by atoms with van der Waals surface area (Å²) in [5.41, 5.74) is 0. The number of rotatable bonds is 5. The maximum absolute atomic E-state index is 5.25. The first-order valence-corrected chi connectivity index (χ1v) is 4.04. The van der Waals surface area contributed by atoms with E-state index >= 15 is 0 Å². The van der Waals surface area contributed by atoms with Crippen LogP contribution >= 0.6 is 0 Å². The third kappa shape index (κ3) is 2.96.